The highest BCUT2D eigenvalue weighted by Crippen LogP contribution is 2.14. The van der Waals surface area contributed by atoms with E-state index >= 15 is 0 Å². The van der Waals surface area contributed by atoms with Crippen molar-refractivity contribution in [3.63, 3.8) is 0 Å². The lowest BCUT2D eigenvalue weighted by molar-refractivity contribution is -0.147. The third kappa shape index (κ3) is 18.8. The number of hydrogen-bond donors (Lipinski definition) is 1. The molecule has 0 amide bonds. The summed E-state index contributed by atoms with van der Waals surface area (Å²) in [5.41, 5.74) is 1.16. The number of H-pyrrole nitrogens is 1. The zero-order valence-electron chi connectivity index (χ0n) is 29.1. The van der Waals surface area contributed by atoms with Crippen LogP contribution in [0.2, 0.25) is 0 Å². The van der Waals surface area contributed by atoms with Crippen LogP contribution < -0.4 is 5.43 Å². The summed E-state index contributed by atoms with van der Waals surface area (Å²) in [5, 5.41) is 0. The second kappa shape index (κ2) is 27.5. The first-order chi connectivity index (χ1) is 22.6. The average molecular weight is 658 g/mol. The molecule has 1 aromatic rings. The Labute approximate surface area is 277 Å². The van der Waals surface area contributed by atoms with Crippen molar-refractivity contribution < 1.29 is 42.6 Å². The first-order valence-electron chi connectivity index (χ1n) is 17.7. The van der Waals surface area contributed by atoms with Gasteiger partial charge < -0.3 is 47.6 Å². The zero-order valence-corrected chi connectivity index (χ0v) is 29.1. The average Bonchev–Trinajstić information content (AvgIpc) is 3.05. The maximum atomic E-state index is 12.7. The van der Waals surface area contributed by atoms with E-state index in [-0.39, 0.29) is 30.9 Å². The molecule has 0 aromatic carbocycles. The van der Waals surface area contributed by atoms with Crippen LogP contribution in [0.5, 0.6) is 0 Å². The van der Waals surface area contributed by atoms with Gasteiger partial charge in [0.1, 0.15) is 24.4 Å². The van der Waals surface area contributed by atoms with Crippen molar-refractivity contribution in [1.82, 2.24) is 4.98 Å². The van der Waals surface area contributed by atoms with E-state index in [9.17, 15) is 4.79 Å². The van der Waals surface area contributed by atoms with Gasteiger partial charge in [-0.3, -0.25) is 4.79 Å². The van der Waals surface area contributed by atoms with Crippen LogP contribution in [-0.4, -0.2) is 109 Å². The quantitative estimate of drug-likeness (QED) is 0.187. The Morgan fingerprint density at radius 1 is 0.565 bits per heavy atom. The lowest BCUT2D eigenvalue weighted by Crippen LogP contribution is -2.41. The van der Waals surface area contributed by atoms with E-state index in [2.05, 4.69) is 32.7 Å². The van der Waals surface area contributed by atoms with E-state index in [1.54, 1.807) is 12.1 Å². The van der Waals surface area contributed by atoms with E-state index in [1.807, 2.05) is 0 Å². The molecule has 2 rings (SSSR count). The third-order valence-corrected chi connectivity index (χ3v) is 7.51. The maximum Gasteiger partial charge on any atom is 0.182 e. The van der Waals surface area contributed by atoms with Gasteiger partial charge in [-0.05, 0) is 25.7 Å². The summed E-state index contributed by atoms with van der Waals surface area (Å²) in [5.74, 6) is 0. The van der Waals surface area contributed by atoms with Gasteiger partial charge in [0.2, 0.25) is 0 Å². The SMILES string of the molecule is CCCCOC[C@@H]1OCCOCCO[C@@H](COCCCC)[C@H](COCCCC)OCc2cc(=O)cc([nH]2)CO[C@H]1COCCCC. The maximum absolute atomic E-state index is 12.7. The topological polar surface area (TPSA) is 116 Å². The molecule has 0 saturated carbocycles. The van der Waals surface area contributed by atoms with Crippen molar-refractivity contribution >= 4 is 0 Å². The highest BCUT2D eigenvalue weighted by Gasteiger charge is 2.26. The summed E-state index contributed by atoms with van der Waals surface area (Å²) in [4.78, 5) is 16.1. The molecule has 11 heteroatoms. The van der Waals surface area contributed by atoms with Gasteiger partial charge >= 0.3 is 0 Å². The van der Waals surface area contributed by atoms with Crippen molar-refractivity contribution in [2.24, 2.45) is 0 Å². The number of rotatable bonds is 20. The smallest absolute Gasteiger partial charge is 0.182 e. The molecule has 0 spiro atoms. The molecule has 1 aliphatic heterocycles. The molecule has 0 unspecified atom stereocenters. The van der Waals surface area contributed by atoms with Crippen LogP contribution >= 0.6 is 0 Å². The Morgan fingerprint density at radius 2 is 0.913 bits per heavy atom. The second-order valence-corrected chi connectivity index (χ2v) is 11.7. The van der Waals surface area contributed by atoms with Crippen LogP contribution in [0.25, 0.3) is 0 Å². The van der Waals surface area contributed by atoms with Crippen LogP contribution in [-0.2, 0) is 55.8 Å². The lowest BCUT2D eigenvalue weighted by Gasteiger charge is -2.29. The van der Waals surface area contributed by atoms with Gasteiger partial charge in [-0.25, -0.2) is 0 Å². The van der Waals surface area contributed by atoms with Crippen molar-refractivity contribution in [3.05, 3.63) is 33.7 Å². The van der Waals surface area contributed by atoms with Gasteiger partial charge in [0.25, 0.3) is 0 Å². The molecule has 1 aliphatic rings. The molecule has 268 valence electrons. The molecule has 1 N–H and O–H groups in total. The summed E-state index contributed by atoms with van der Waals surface area (Å²) in [7, 11) is 0. The van der Waals surface area contributed by atoms with Gasteiger partial charge in [0.05, 0.1) is 66.1 Å². The molecule has 0 saturated heterocycles. The van der Waals surface area contributed by atoms with Gasteiger partial charge in [-0.1, -0.05) is 53.4 Å². The van der Waals surface area contributed by atoms with Crippen molar-refractivity contribution in [2.75, 3.05) is 79.3 Å². The minimum Gasteiger partial charge on any atom is -0.379 e. The number of ether oxygens (including phenoxy) is 9. The number of pyridine rings is 1. The number of unbranched alkanes of at least 4 members (excludes halogenated alkanes) is 4. The summed E-state index contributed by atoms with van der Waals surface area (Å²) in [6, 6.07) is 3.11. The van der Waals surface area contributed by atoms with E-state index in [0.717, 1.165) is 51.4 Å². The van der Waals surface area contributed by atoms with E-state index in [4.69, 9.17) is 42.6 Å². The third-order valence-electron chi connectivity index (χ3n) is 7.51. The Kier molecular flexibility index (Phi) is 24.4. The second-order valence-electron chi connectivity index (χ2n) is 11.7. The zero-order chi connectivity index (χ0) is 33.1. The molecule has 0 radical (unpaired) electrons. The molecular formula is C35H63NO10. The first-order valence-corrected chi connectivity index (χ1v) is 17.7. The van der Waals surface area contributed by atoms with Gasteiger partial charge in [-0.15, -0.1) is 0 Å². The van der Waals surface area contributed by atoms with E-state index in [0.29, 0.717) is 90.7 Å². The van der Waals surface area contributed by atoms with Crippen molar-refractivity contribution in [2.45, 2.75) is 117 Å². The molecule has 2 heterocycles. The van der Waals surface area contributed by atoms with Crippen LogP contribution in [0.4, 0.5) is 0 Å². The summed E-state index contributed by atoms with van der Waals surface area (Å²) >= 11 is 0. The molecular weight excluding hydrogens is 594 g/mol. The molecule has 46 heavy (non-hydrogen) atoms. The van der Waals surface area contributed by atoms with Crippen molar-refractivity contribution in [3.8, 4) is 0 Å². The predicted molar refractivity (Wildman–Crippen MR) is 177 cm³/mol. The Balaban J connectivity index is 2.25. The minimum absolute atomic E-state index is 0.125. The van der Waals surface area contributed by atoms with E-state index < -0.39 is 12.2 Å². The number of fused-ring (bicyclic) bond motifs is 2. The fraction of sp³-hybridized carbons (Fsp3) is 0.857. The highest BCUT2D eigenvalue weighted by atomic mass is 16.6. The fourth-order valence-corrected chi connectivity index (χ4v) is 4.67. The fourth-order valence-electron chi connectivity index (χ4n) is 4.67. The molecule has 1 aromatic heterocycles. The summed E-state index contributed by atoms with van der Waals surface area (Å²) in [6.07, 6.45) is 6.52. The number of hydrogen-bond acceptors (Lipinski definition) is 10. The number of aromatic nitrogens is 1. The Bertz CT molecular complexity index is 835. The van der Waals surface area contributed by atoms with Crippen LogP contribution in [0, 0.1) is 0 Å². The molecule has 0 fully saturated rings. The van der Waals surface area contributed by atoms with Gasteiger partial charge in [0.15, 0.2) is 5.43 Å². The van der Waals surface area contributed by atoms with Crippen LogP contribution in [0.1, 0.15) is 90.4 Å². The monoisotopic (exact) mass is 657 g/mol. The van der Waals surface area contributed by atoms with Crippen molar-refractivity contribution in [1.29, 1.82) is 0 Å². The van der Waals surface area contributed by atoms with Gasteiger partial charge in [0, 0.05) is 49.9 Å². The largest absolute Gasteiger partial charge is 0.379 e. The number of nitrogens with one attached hydrogen (secondary N) is 1. The summed E-state index contributed by atoms with van der Waals surface area (Å²) < 4.78 is 55.0. The molecule has 0 aliphatic carbocycles. The minimum atomic E-state index is -0.401. The van der Waals surface area contributed by atoms with Crippen LogP contribution in [0.3, 0.4) is 0 Å². The number of aromatic amines is 1. The Morgan fingerprint density at radius 3 is 1.26 bits per heavy atom. The predicted octanol–water partition coefficient (Wildman–Crippen LogP) is 5.21. The van der Waals surface area contributed by atoms with Crippen LogP contribution in [0.15, 0.2) is 16.9 Å². The molecule has 11 nitrogen and oxygen atoms in total. The summed E-state index contributed by atoms with van der Waals surface area (Å²) in [6.45, 7) is 14.4. The molecule has 4 atom stereocenters. The Hall–Kier alpha value is -1.41. The molecule has 2 bridgehead atoms. The lowest BCUT2D eigenvalue weighted by atomic mass is 10.2. The standard InChI is InChI=1S/C35H63NO10/c1-5-9-13-39-25-32-34(27-41-15-11-7-3)45-23-29-21-31(37)22-30(36-29)24-46-35(28-42-16-12-8-4)33(26-40-14-10-6-2)44-20-18-38-17-19-43-32/h21-22,32-35H,5-20,23-28H2,1-4H3,(H,36,37)/t32-,33-,34-,35-/m0/s1. The highest BCUT2D eigenvalue weighted by molar-refractivity contribution is 5.10. The normalized spacial score (nSPS) is 22.3. The first kappa shape index (κ1) is 40.8. The van der Waals surface area contributed by atoms with Gasteiger partial charge in [-0.2, -0.15) is 0 Å². The van der Waals surface area contributed by atoms with E-state index in [1.165, 1.54) is 0 Å².